The number of hydrogen-bond donors (Lipinski definition) is 0. The van der Waals surface area contributed by atoms with Gasteiger partial charge in [-0.1, -0.05) is 72.8 Å². The number of halogens is 20. The molecule has 0 spiro atoms. The van der Waals surface area contributed by atoms with Gasteiger partial charge in [-0.3, -0.25) is 0 Å². The molecule has 6 rings (SSSR count). The summed E-state index contributed by atoms with van der Waals surface area (Å²) in [5.74, 6) is 0. The summed E-state index contributed by atoms with van der Waals surface area (Å²) in [6.45, 7) is 0. The minimum absolute atomic E-state index is 0.0246. The molecule has 6 aromatic rings. The molecule has 6 aromatic carbocycles. The van der Waals surface area contributed by atoms with Crippen LogP contribution in [0.15, 0.2) is 146 Å². The summed E-state index contributed by atoms with van der Waals surface area (Å²) in [5.41, 5.74) is -6.27. The Morgan fingerprint density at radius 2 is 0.385 bits per heavy atom. The van der Waals surface area contributed by atoms with Gasteiger partial charge in [0.1, 0.15) is 0 Å². The van der Waals surface area contributed by atoms with Gasteiger partial charge in [0.05, 0.1) is 33.4 Å². The summed E-state index contributed by atoms with van der Waals surface area (Å²) < 4.78 is 237. The van der Waals surface area contributed by atoms with E-state index in [4.69, 9.17) is 16.5 Å². The summed E-state index contributed by atoms with van der Waals surface area (Å²) >= 11 is -1.14. The Morgan fingerprint density at radius 1 is 0.262 bits per heavy atom. The van der Waals surface area contributed by atoms with Gasteiger partial charge in [0.2, 0.25) is 0 Å². The monoisotopic (exact) mass is 1200 g/mol. The number of hydrogen-bond acceptors (Lipinski definition) is 0. The van der Waals surface area contributed by atoms with Crippen molar-refractivity contribution in [3.8, 4) is 0 Å². The molecule has 0 aliphatic rings. The molecule has 0 nitrogen and oxygen atoms in total. The van der Waals surface area contributed by atoms with Crippen LogP contribution in [0.3, 0.4) is 0 Å². The molecule has 0 radical (unpaired) electrons. The Kier molecular flexibility index (Phi) is 18.0. The van der Waals surface area contributed by atoms with Crippen LogP contribution < -0.4 is 31.8 Å². The Bertz CT molecular complexity index is 2070. The van der Waals surface area contributed by atoms with E-state index in [0.29, 0.717) is 0 Å². The van der Waals surface area contributed by atoms with E-state index < -0.39 is 108 Å². The molecule has 0 aromatic heterocycles. The molecule has 65 heavy (non-hydrogen) atoms. The molecule has 0 heterocycles. The van der Waals surface area contributed by atoms with Crippen molar-refractivity contribution in [3.05, 3.63) is 179 Å². The summed E-state index contributed by atoms with van der Waals surface area (Å²) in [7, 11) is 5.70. The fourth-order valence-corrected chi connectivity index (χ4v) is 10.6. The van der Waals surface area contributed by atoms with E-state index in [-0.39, 0.29) is 31.8 Å². The van der Waals surface area contributed by atoms with Crippen molar-refractivity contribution < 1.29 is 101 Å². The molecule has 0 fully saturated rings. The van der Waals surface area contributed by atoms with Gasteiger partial charge < -0.3 is 0 Å². The molecular weight excluding hydrogens is 1180 g/mol. The van der Waals surface area contributed by atoms with Gasteiger partial charge in [0.25, 0.3) is 0 Å². The van der Waals surface area contributed by atoms with Crippen molar-refractivity contribution in [2.45, 2.75) is 37.1 Å². The third-order valence-corrected chi connectivity index (χ3v) is 13.4. The Labute approximate surface area is 379 Å². The topological polar surface area (TPSA) is 0 Å². The second kappa shape index (κ2) is 21.6. The van der Waals surface area contributed by atoms with E-state index in [2.05, 4.69) is 0 Å². The summed E-state index contributed by atoms with van der Waals surface area (Å²) in [6.07, 6.45) is -28.3. The van der Waals surface area contributed by atoms with Crippen molar-refractivity contribution >= 4 is 64.2 Å². The van der Waals surface area contributed by atoms with E-state index in [1.165, 1.54) is 36.4 Å². The van der Waals surface area contributed by atoms with Crippen LogP contribution in [0.5, 0.6) is 0 Å². The average molecular weight is 1200 g/mol. The SMILES string of the molecule is FC(F)(F)c1cccc(P(c2cccc(C(F)(F)F)c2)c2cccc(C(F)(F)F)c2)c1.FC(F)(F)c1cccc(P(c2cccc(C(F)(F)F)c2)c2cccc(C(F)(F)F)c2)c1.[Cl][Hg][Cl]. The Morgan fingerprint density at radius 3 is 0.492 bits per heavy atom. The van der Waals surface area contributed by atoms with Gasteiger partial charge >= 0.3 is 75.7 Å². The molecule has 0 N–H and O–H groups in total. The first-order chi connectivity index (χ1) is 29.9. The van der Waals surface area contributed by atoms with Gasteiger partial charge in [0, 0.05) is 0 Å². The van der Waals surface area contributed by atoms with Crippen molar-refractivity contribution in [2.75, 3.05) is 0 Å². The second-order valence-electron chi connectivity index (χ2n) is 13.1. The van der Waals surface area contributed by atoms with Gasteiger partial charge in [-0.15, -0.1) is 0 Å². The fraction of sp³-hybridized carbons (Fsp3) is 0.143. The zero-order valence-corrected chi connectivity index (χ0v) is 40.8. The van der Waals surface area contributed by atoms with Crippen molar-refractivity contribution in [1.29, 1.82) is 0 Å². The summed E-state index contributed by atoms with van der Waals surface area (Å²) in [6, 6.07) is 23.3. The predicted molar refractivity (Wildman–Crippen MR) is 212 cm³/mol. The molecule has 0 aliphatic carbocycles. The van der Waals surface area contributed by atoms with Crippen LogP contribution in [0.1, 0.15) is 33.4 Å². The quantitative estimate of drug-likeness (QED) is 0.0886. The van der Waals surface area contributed by atoms with Crippen LogP contribution >= 0.6 is 32.3 Å². The molecule has 0 amide bonds. The molecule has 344 valence electrons. The summed E-state index contributed by atoms with van der Waals surface area (Å²) in [5, 5.41) is -0.147. The van der Waals surface area contributed by atoms with Crippen LogP contribution in [0.25, 0.3) is 0 Å². The molecule has 0 saturated carbocycles. The predicted octanol–water partition coefficient (Wildman–Crippen LogP) is 14.4. The van der Waals surface area contributed by atoms with E-state index in [1.54, 1.807) is 0 Å². The first kappa shape index (κ1) is 54.0. The van der Waals surface area contributed by atoms with Gasteiger partial charge in [-0.05, 0) is 120 Å². The van der Waals surface area contributed by atoms with Crippen LogP contribution in [0, 0.1) is 0 Å². The van der Waals surface area contributed by atoms with Crippen LogP contribution in [-0.4, -0.2) is 0 Å². The van der Waals surface area contributed by atoms with Gasteiger partial charge in [-0.2, -0.15) is 79.0 Å². The zero-order chi connectivity index (χ0) is 48.8. The van der Waals surface area contributed by atoms with Crippen LogP contribution in [0.2, 0.25) is 0 Å². The maximum absolute atomic E-state index is 13.2. The Balaban J connectivity index is 0.000000268. The number of rotatable bonds is 6. The van der Waals surface area contributed by atoms with Crippen LogP contribution in [0.4, 0.5) is 79.0 Å². The fourth-order valence-electron chi connectivity index (χ4n) is 5.82. The molecule has 0 saturated heterocycles. The molecule has 0 bridgehead atoms. The molecule has 0 unspecified atom stereocenters. The first-order valence-electron chi connectivity index (χ1n) is 17.7. The average Bonchev–Trinajstić information content (AvgIpc) is 3.21. The standard InChI is InChI=1S/2C21H12F9P.2ClH.Hg/c2*22-19(23,24)13-4-1-7-16(10-13)31(17-8-2-5-14(11-17)20(25,26)27)18-9-3-6-15(12-18)21(28,29)30;;;/h2*1-12H;2*1H;/q;;;;+2/p-2. The molecule has 0 atom stereocenters. The van der Waals surface area contributed by atoms with Gasteiger partial charge in [-0.25, -0.2) is 0 Å². The van der Waals surface area contributed by atoms with E-state index in [9.17, 15) is 79.0 Å². The third-order valence-electron chi connectivity index (χ3n) is 8.59. The van der Waals surface area contributed by atoms with E-state index in [0.717, 1.165) is 109 Å². The summed E-state index contributed by atoms with van der Waals surface area (Å²) in [4.78, 5) is 0. The van der Waals surface area contributed by atoms with Crippen LogP contribution in [-0.2, 0) is 59.2 Å². The second-order valence-corrected chi connectivity index (χ2v) is 25.4. The molecule has 0 aliphatic heterocycles. The Hall–Kier alpha value is -3.56. The molecular formula is C42H24Cl2F18HgP2. The van der Waals surface area contributed by atoms with Gasteiger partial charge in [0.15, 0.2) is 0 Å². The van der Waals surface area contributed by atoms with E-state index in [1.807, 2.05) is 0 Å². The molecule has 23 heteroatoms. The number of alkyl halides is 18. The first-order valence-corrected chi connectivity index (χ1v) is 33.9. The third kappa shape index (κ3) is 15.2. The minimum atomic E-state index is -4.72. The normalized spacial score (nSPS) is 12.5. The van der Waals surface area contributed by atoms with Crippen molar-refractivity contribution in [1.82, 2.24) is 0 Å². The zero-order valence-electron chi connectivity index (χ0n) is 32.0. The maximum atomic E-state index is 13.2. The number of benzene rings is 6. The van der Waals surface area contributed by atoms with Crippen molar-refractivity contribution in [2.24, 2.45) is 0 Å². The van der Waals surface area contributed by atoms with E-state index >= 15 is 0 Å². The van der Waals surface area contributed by atoms with Crippen molar-refractivity contribution in [3.63, 3.8) is 0 Å².